The zero-order valence-electron chi connectivity index (χ0n) is 15.3. The van der Waals surface area contributed by atoms with Crippen molar-refractivity contribution in [3.63, 3.8) is 0 Å². The minimum Gasteiger partial charge on any atom is -0.466 e. The van der Waals surface area contributed by atoms with E-state index in [9.17, 15) is 13.2 Å². The summed E-state index contributed by atoms with van der Waals surface area (Å²) in [6.07, 6.45) is 1.15. The highest BCUT2D eigenvalue weighted by Crippen LogP contribution is 2.20. The van der Waals surface area contributed by atoms with Crippen LogP contribution in [-0.2, 0) is 19.6 Å². The van der Waals surface area contributed by atoms with Crippen LogP contribution in [0.4, 0.5) is 0 Å². The number of sulfonamides is 1. The molecule has 1 fully saturated rings. The van der Waals surface area contributed by atoms with Gasteiger partial charge in [0.05, 0.1) is 11.5 Å². The predicted molar refractivity (Wildman–Crippen MR) is 97.0 cm³/mol. The van der Waals surface area contributed by atoms with Crippen molar-refractivity contribution in [1.29, 1.82) is 0 Å². The zero-order chi connectivity index (χ0) is 18.4. The highest BCUT2D eigenvalue weighted by molar-refractivity contribution is 7.89. The lowest BCUT2D eigenvalue weighted by Gasteiger charge is -2.34. The molecule has 2 rings (SSSR count). The molecule has 6 nitrogen and oxygen atoms in total. The van der Waals surface area contributed by atoms with Crippen molar-refractivity contribution >= 4 is 16.0 Å². The Balaban J connectivity index is 1.86. The molecule has 0 aromatic heterocycles. The summed E-state index contributed by atoms with van der Waals surface area (Å²) in [6, 6.07) is 5.29. The van der Waals surface area contributed by atoms with Crippen molar-refractivity contribution in [2.45, 2.75) is 38.5 Å². The van der Waals surface area contributed by atoms with Crippen LogP contribution in [0.15, 0.2) is 23.1 Å². The average Bonchev–Trinajstić information content (AvgIpc) is 2.58. The summed E-state index contributed by atoms with van der Waals surface area (Å²) < 4.78 is 32.0. The number of rotatable bonds is 7. The van der Waals surface area contributed by atoms with Gasteiger partial charge in [-0.05, 0) is 57.0 Å². The molecule has 0 atom stereocenters. The molecule has 1 aromatic carbocycles. The van der Waals surface area contributed by atoms with Gasteiger partial charge in [0.15, 0.2) is 0 Å². The molecule has 1 saturated heterocycles. The highest BCUT2D eigenvalue weighted by Gasteiger charge is 2.28. The van der Waals surface area contributed by atoms with Crippen LogP contribution in [0.25, 0.3) is 0 Å². The second-order valence-corrected chi connectivity index (χ2v) is 8.34. The van der Waals surface area contributed by atoms with Gasteiger partial charge in [-0.3, -0.25) is 4.79 Å². The van der Waals surface area contributed by atoms with Gasteiger partial charge >= 0.3 is 5.97 Å². The Hall–Kier alpha value is -1.44. The summed E-state index contributed by atoms with van der Waals surface area (Å²) in [6.45, 7) is 9.23. The van der Waals surface area contributed by atoms with E-state index in [4.69, 9.17) is 4.74 Å². The number of benzene rings is 1. The van der Waals surface area contributed by atoms with Crippen LogP contribution in [0.3, 0.4) is 0 Å². The predicted octanol–water partition coefficient (Wildman–Crippen LogP) is 1.95. The third kappa shape index (κ3) is 5.26. The van der Waals surface area contributed by atoms with E-state index in [1.54, 1.807) is 23.4 Å². The number of nitrogens with zero attached hydrogens (tertiary/aromatic N) is 2. The van der Waals surface area contributed by atoms with E-state index in [1.807, 2.05) is 19.9 Å². The van der Waals surface area contributed by atoms with E-state index < -0.39 is 10.0 Å². The van der Waals surface area contributed by atoms with Crippen molar-refractivity contribution < 1.29 is 17.9 Å². The standard InChI is InChI=1S/C18H28N2O4S/c1-4-24-18(21)6-5-9-19-10-12-20(13-11-19)25(22,23)17-8-7-15(2)16(3)14-17/h7-8,14H,4-6,9-13H2,1-3H3. The van der Waals surface area contributed by atoms with Crippen LogP contribution >= 0.6 is 0 Å². The fourth-order valence-corrected chi connectivity index (χ4v) is 4.40. The van der Waals surface area contributed by atoms with Crippen molar-refractivity contribution in [2.75, 3.05) is 39.3 Å². The molecule has 140 valence electrons. The van der Waals surface area contributed by atoms with E-state index in [0.29, 0.717) is 44.1 Å². The number of esters is 1. The van der Waals surface area contributed by atoms with Crippen molar-refractivity contribution in [3.8, 4) is 0 Å². The highest BCUT2D eigenvalue weighted by atomic mass is 32.2. The minimum atomic E-state index is -3.43. The SMILES string of the molecule is CCOC(=O)CCCN1CCN(S(=O)(=O)c2ccc(C)c(C)c2)CC1. The molecule has 0 saturated carbocycles. The Bertz CT molecular complexity index is 695. The molecule has 0 unspecified atom stereocenters. The van der Waals surface area contributed by atoms with Crippen LogP contribution in [0.1, 0.15) is 30.9 Å². The van der Waals surface area contributed by atoms with Crippen LogP contribution in [0, 0.1) is 13.8 Å². The molecule has 1 aromatic rings. The molecule has 0 spiro atoms. The van der Waals surface area contributed by atoms with Crippen molar-refractivity contribution in [3.05, 3.63) is 29.3 Å². The fourth-order valence-electron chi connectivity index (χ4n) is 2.90. The Labute approximate surface area is 150 Å². The lowest BCUT2D eigenvalue weighted by Crippen LogP contribution is -2.48. The molecule has 25 heavy (non-hydrogen) atoms. The molecular formula is C18H28N2O4S. The Morgan fingerprint density at radius 2 is 1.80 bits per heavy atom. The maximum absolute atomic E-state index is 12.8. The van der Waals surface area contributed by atoms with Gasteiger partial charge in [0.1, 0.15) is 0 Å². The summed E-state index contributed by atoms with van der Waals surface area (Å²) in [5.74, 6) is -0.168. The zero-order valence-corrected chi connectivity index (χ0v) is 16.1. The van der Waals surface area contributed by atoms with E-state index in [0.717, 1.165) is 24.1 Å². The first-order chi connectivity index (χ1) is 11.8. The molecule has 0 aliphatic carbocycles. The lowest BCUT2D eigenvalue weighted by atomic mass is 10.1. The summed E-state index contributed by atoms with van der Waals surface area (Å²) >= 11 is 0. The minimum absolute atomic E-state index is 0.168. The van der Waals surface area contributed by atoms with Gasteiger partial charge in [0.25, 0.3) is 0 Å². The van der Waals surface area contributed by atoms with Gasteiger partial charge in [-0.15, -0.1) is 0 Å². The second kappa shape index (κ2) is 8.78. The normalized spacial score (nSPS) is 16.8. The molecule has 1 heterocycles. The molecule has 0 amide bonds. The largest absolute Gasteiger partial charge is 0.466 e. The Morgan fingerprint density at radius 1 is 1.12 bits per heavy atom. The lowest BCUT2D eigenvalue weighted by molar-refractivity contribution is -0.143. The molecule has 0 N–H and O–H groups in total. The number of ether oxygens (including phenoxy) is 1. The summed E-state index contributed by atoms with van der Waals surface area (Å²) in [5.41, 5.74) is 2.07. The van der Waals surface area contributed by atoms with E-state index in [-0.39, 0.29) is 5.97 Å². The maximum atomic E-state index is 12.8. The average molecular weight is 368 g/mol. The topological polar surface area (TPSA) is 66.9 Å². The summed E-state index contributed by atoms with van der Waals surface area (Å²) in [5, 5.41) is 0. The van der Waals surface area contributed by atoms with E-state index in [2.05, 4.69) is 4.90 Å². The van der Waals surface area contributed by atoms with Crippen LogP contribution in [-0.4, -0.2) is 62.9 Å². The molecule has 0 bridgehead atoms. The van der Waals surface area contributed by atoms with Gasteiger partial charge in [-0.2, -0.15) is 4.31 Å². The van der Waals surface area contributed by atoms with Crippen LogP contribution < -0.4 is 0 Å². The second-order valence-electron chi connectivity index (χ2n) is 6.40. The first-order valence-corrected chi connectivity index (χ1v) is 10.2. The number of carbonyl (C=O) groups is 1. The van der Waals surface area contributed by atoms with E-state index in [1.165, 1.54) is 0 Å². The molecular weight excluding hydrogens is 340 g/mol. The number of carbonyl (C=O) groups excluding carboxylic acids is 1. The van der Waals surface area contributed by atoms with Gasteiger partial charge < -0.3 is 9.64 Å². The van der Waals surface area contributed by atoms with Gasteiger partial charge in [0, 0.05) is 32.6 Å². The number of hydrogen-bond donors (Lipinski definition) is 0. The van der Waals surface area contributed by atoms with Crippen LogP contribution in [0.2, 0.25) is 0 Å². The van der Waals surface area contributed by atoms with Crippen molar-refractivity contribution in [2.24, 2.45) is 0 Å². The third-order valence-corrected chi connectivity index (χ3v) is 6.50. The van der Waals surface area contributed by atoms with Gasteiger partial charge in [0.2, 0.25) is 10.0 Å². The first kappa shape index (κ1) is 19.9. The number of hydrogen-bond acceptors (Lipinski definition) is 5. The molecule has 0 radical (unpaired) electrons. The van der Waals surface area contributed by atoms with Gasteiger partial charge in [-0.1, -0.05) is 6.07 Å². The number of aryl methyl sites for hydroxylation is 2. The van der Waals surface area contributed by atoms with Crippen molar-refractivity contribution in [1.82, 2.24) is 9.21 Å². The molecule has 1 aliphatic heterocycles. The third-order valence-electron chi connectivity index (χ3n) is 4.61. The molecule has 7 heteroatoms. The maximum Gasteiger partial charge on any atom is 0.305 e. The monoisotopic (exact) mass is 368 g/mol. The summed E-state index contributed by atoms with van der Waals surface area (Å²) in [4.78, 5) is 13.9. The fraction of sp³-hybridized carbons (Fsp3) is 0.611. The van der Waals surface area contributed by atoms with Gasteiger partial charge in [-0.25, -0.2) is 8.42 Å². The molecule has 1 aliphatic rings. The summed E-state index contributed by atoms with van der Waals surface area (Å²) in [7, 11) is -3.43. The quantitative estimate of drug-likeness (QED) is 0.688. The smallest absolute Gasteiger partial charge is 0.305 e. The Morgan fingerprint density at radius 3 is 2.40 bits per heavy atom. The van der Waals surface area contributed by atoms with E-state index >= 15 is 0 Å². The van der Waals surface area contributed by atoms with Crippen LogP contribution in [0.5, 0.6) is 0 Å². The first-order valence-electron chi connectivity index (χ1n) is 8.80. The Kier molecular flexibility index (Phi) is 6.98. The number of piperazine rings is 1.